The van der Waals surface area contributed by atoms with Crippen LogP contribution < -0.4 is 56.5 Å². The molecule has 1 nitrogen and oxygen atoms in total. The third kappa shape index (κ3) is 2.70. The van der Waals surface area contributed by atoms with E-state index in [-0.39, 0.29) is 67.2 Å². The van der Waals surface area contributed by atoms with Crippen LogP contribution in [0.2, 0.25) is 10.0 Å². The topological polar surface area (TPSA) is 23.1 Å². The third-order valence-electron chi connectivity index (χ3n) is 0.919. The van der Waals surface area contributed by atoms with Gasteiger partial charge in [-0.1, -0.05) is 35.0 Å². The standard InChI is InChI=1S/C6H4Cl2O.K/c7-4-2-1-3-5(8)6(4)9;/h1-3,9H;/q;+1/p-1. The number of benzene rings is 1. The van der Waals surface area contributed by atoms with Gasteiger partial charge in [-0.05, 0) is 12.1 Å². The van der Waals surface area contributed by atoms with Gasteiger partial charge in [-0.25, -0.2) is 0 Å². The average Bonchev–Trinajstić information content (AvgIpc) is 1.83. The molecule has 48 valence electrons. The molecule has 1 aromatic carbocycles. The van der Waals surface area contributed by atoms with Crippen LogP contribution in [0.15, 0.2) is 18.2 Å². The molecular formula is C6H3Cl2KO. The van der Waals surface area contributed by atoms with Crippen LogP contribution in [-0.2, 0) is 0 Å². The fraction of sp³-hybridized carbons (Fsp3) is 0. The number of halogens is 2. The maximum Gasteiger partial charge on any atom is 1.00 e. The van der Waals surface area contributed by atoms with E-state index in [1.807, 2.05) is 0 Å². The molecule has 0 saturated carbocycles. The number of rotatable bonds is 0. The summed E-state index contributed by atoms with van der Waals surface area (Å²) in [6.07, 6.45) is 0. The predicted molar refractivity (Wildman–Crippen MR) is 35.9 cm³/mol. The second-order valence-corrected chi connectivity index (χ2v) is 2.37. The van der Waals surface area contributed by atoms with Crippen LogP contribution in [0.1, 0.15) is 0 Å². The molecule has 10 heavy (non-hydrogen) atoms. The quantitative estimate of drug-likeness (QED) is 0.497. The molecule has 1 aromatic rings. The van der Waals surface area contributed by atoms with E-state index >= 15 is 0 Å². The summed E-state index contributed by atoms with van der Waals surface area (Å²) < 4.78 is 0. The third-order valence-corrected chi connectivity index (χ3v) is 1.51. The van der Waals surface area contributed by atoms with Gasteiger partial charge in [-0.15, -0.1) is 0 Å². The van der Waals surface area contributed by atoms with Gasteiger partial charge < -0.3 is 5.11 Å². The average molecular weight is 201 g/mol. The summed E-state index contributed by atoms with van der Waals surface area (Å²) in [6, 6.07) is 4.65. The molecule has 0 aliphatic carbocycles. The maximum absolute atomic E-state index is 10.7. The maximum atomic E-state index is 10.7. The van der Waals surface area contributed by atoms with Crippen LogP contribution in [0.5, 0.6) is 5.75 Å². The van der Waals surface area contributed by atoms with E-state index in [0.29, 0.717) is 0 Å². The van der Waals surface area contributed by atoms with E-state index in [1.165, 1.54) is 12.1 Å². The van der Waals surface area contributed by atoms with Crippen LogP contribution in [0, 0.1) is 0 Å². The first-order valence-corrected chi connectivity index (χ1v) is 3.08. The van der Waals surface area contributed by atoms with E-state index < -0.39 is 0 Å². The molecule has 0 saturated heterocycles. The molecule has 0 radical (unpaired) electrons. The van der Waals surface area contributed by atoms with E-state index in [9.17, 15) is 5.11 Å². The van der Waals surface area contributed by atoms with Crippen LogP contribution in [0.3, 0.4) is 0 Å². The van der Waals surface area contributed by atoms with Gasteiger partial charge in [-0.2, -0.15) is 0 Å². The van der Waals surface area contributed by atoms with Crippen molar-refractivity contribution in [3.05, 3.63) is 28.2 Å². The summed E-state index contributed by atoms with van der Waals surface area (Å²) in [7, 11) is 0. The molecular weight excluding hydrogens is 198 g/mol. The second-order valence-electron chi connectivity index (χ2n) is 1.55. The van der Waals surface area contributed by atoms with E-state index in [2.05, 4.69) is 0 Å². The largest absolute Gasteiger partial charge is 1.00 e. The van der Waals surface area contributed by atoms with Gasteiger partial charge in [0.25, 0.3) is 0 Å². The van der Waals surface area contributed by atoms with Gasteiger partial charge in [0.05, 0.1) is 0 Å². The molecule has 0 aliphatic heterocycles. The Morgan fingerprint density at radius 1 is 1.10 bits per heavy atom. The zero-order valence-corrected chi connectivity index (χ0v) is 10.0. The van der Waals surface area contributed by atoms with Gasteiger partial charge in [0.15, 0.2) is 0 Å². The van der Waals surface area contributed by atoms with Crippen molar-refractivity contribution in [1.29, 1.82) is 0 Å². The van der Waals surface area contributed by atoms with Crippen molar-refractivity contribution in [2.75, 3.05) is 0 Å². The molecule has 0 aliphatic rings. The summed E-state index contributed by atoms with van der Waals surface area (Å²) in [6.45, 7) is 0. The molecule has 0 heterocycles. The Kier molecular flexibility index (Phi) is 5.60. The Bertz CT molecular complexity index is 207. The summed E-state index contributed by atoms with van der Waals surface area (Å²) >= 11 is 10.8. The number of para-hydroxylation sites is 1. The van der Waals surface area contributed by atoms with Gasteiger partial charge in [0.1, 0.15) is 0 Å². The Balaban J connectivity index is 0.000000810. The van der Waals surface area contributed by atoms with Crippen LogP contribution in [0.25, 0.3) is 0 Å². The Labute approximate surface area is 112 Å². The minimum absolute atomic E-state index is 0. The molecule has 4 heteroatoms. The van der Waals surface area contributed by atoms with Crippen molar-refractivity contribution < 1.29 is 56.5 Å². The summed E-state index contributed by atoms with van der Waals surface area (Å²) in [5, 5.41) is 11.0. The minimum Gasteiger partial charge on any atom is -0.870 e. The molecule has 0 amide bonds. The first-order chi connectivity index (χ1) is 4.22. The molecule has 0 aromatic heterocycles. The van der Waals surface area contributed by atoms with Gasteiger partial charge in [0, 0.05) is 10.0 Å². The first-order valence-electron chi connectivity index (χ1n) is 2.33. The summed E-state index contributed by atoms with van der Waals surface area (Å²) in [5.41, 5.74) is 0. The number of hydrogen-bond donors (Lipinski definition) is 0. The number of hydrogen-bond acceptors (Lipinski definition) is 1. The molecule has 1 rings (SSSR count). The van der Waals surface area contributed by atoms with Gasteiger partial charge in [-0.3, -0.25) is 0 Å². The second kappa shape index (κ2) is 4.98. The molecule has 0 spiro atoms. The monoisotopic (exact) mass is 200 g/mol. The SMILES string of the molecule is [K+].[O-]c1c(Cl)cccc1Cl. The Hall–Kier alpha value is 1.24. The smallest absolute Gasteiger partial charge is 0.870 e. The molecule has 0 N–H and O–H groups in total. The van der Waals surface area contributed by atoms with Gasteiger partial charge >= 0.3 is 51.4 Å². The fourth-order valence-electron chi connectivity index (χ4n) is 0.483. The van der Waals surface area contributed by atoms with E-state index in [1.54, 1.807) is 6.07 Å². The normalized spacial score (nSPS) is 8.60. The summed E-state index contributed by atoms with van der Waals surface area (Å²) in [4.78, 5) is 0. The molecule has 0 bridgehead atoms. The molecule has 0 fully saturated rings. The molecule has 0 unspecified atom stereocenters. The Morgan fingerprint density at radius 3 is 1.80 bits per heavy atom. The zero-order valence-electron chi connectivity index (χ0n) is 5.40. The van der Waals surface area contributed by atoms with Crippen molar-refractivity contribution in [2.45, 2.75) is 0 Å². The summed E-state index contributed by atoms with van der Waals surface area (Å²) in [5.74, 6) is -0.305. The van der Waals surface area contributed by atoms with Crippen LogP contribution in [-0.4, -0.2) is 0 Å². The van der Waals surface area contributed by atoms with Crippen LogP contribution >= 0.6 is 23.2 Å². The van der Waals surface area contributed by atoms with Crippen molar-refractivity contribution in [1.82, 2.24) is 0 Å². The minimum atomic E-state index is -0.305. The first kappa shape index (κ1) is 11.2. The van der Waals surface area contributed by atoms with Crippen molar-refractivity contribution in [2.24, 2.45) is 0 Å². The Morgan fingerprint density at radius 2 is 1.50 bits per heavy atom. The predicted octanol–water partition coefficient (Wildman–Crippen LogP) is -0.929. The zero-order chi connectivity index (χ0) is 6.85. The van der Waals surface area contributed by atoms with Crippen LogP contribution in [0.4, 0.5) is 0 Å². The fourth-order valence-corrected chi connectivity index (χ4v) is 0.880. The van der Waals surface area contributed by atoms with Crippen molar-refractivity contribution in [3.63, 3.8) is 0 Å². The van der Waals surface area contributed by atoms with E-state index in [4.69, 9.17) is 23.2 Å². The van der Waals surface area contributed by atoms with Crippen molar-refractivity contribution >= 4 is 23.2 Å². The van der Waals surface area contributed by atoms with Crippen molar-refractivity contribution in [3.8, 4) is 5.75 Å². The molecule has 0 atom stereocenters. The van der Waals surface area contributed by atoms with Gasteiger partial charge in [0.2, 0.25) is 0 Å². The van der Waals surface area contributed by atoms with E-state index in [0.717, 1.165) is 0 Å².